The van der Waals surface area contributed by atoms with E-state index >= 15 is 0 Å². The number of likely N-dealkylation sites (N-methyl/N-ethyl adjacent to an activating group) is 1. The fourth-order valence-electron chi connectivity index (χ4n) is 3.68. The Hall–Kier alpha value is -0.240. The molecule has 3 unspecified atom stereocenters. The van der Waals surface area contributed by atoms with Crippen molar-refractivity contribution < 1.29 is 0 Å². The molecule has 0 saturated heterocycles. The van der Waals surface area contributed by atoms with Crippen molar-refractivity contribution >= 4 is 23.2 Å². The first kappa shape index (κ1) is 13.7. The van der Waals surface area contributed by atoms with Crippen LogP contribution in [0.3, 0.4) is 0 Å². The van der Waals surface area contributed by atoms with E-state index in [1.165, 1.54) is 24.8 Å². The maximum atomic E-state index is 6.11. The number of halogens is 2. The molecule has 2 aliphatic carbocycles. The van der Waals surface area contributed by atoms with Gasteiger partial charge >= 0.3 is 0 Å². The Kier molecular flexibility index (Phi) is 4.07. The number of hydrogen-bond acceptors (Lipinski definition) is 1. The third-order valence-electron chi connectivity index (χ3n) is 4.76. The highest BCUT2D eigenvalue weighted by Crippen LogP contribution is 2.55. The maximum absolute atomic E-state index is 6.11. The van der Waals surface area contributed by atoms with Gasteiger partial charge in [-0.15, -0.1) is 0 Å². The van der Waals surface area contributed by atoms with E-state index in [1.807, 2.05) is 12.1 Å². The minimum atomic E-state index is 0.593. The van der Waals surface area contributed by atoms with Crippen molar-refractivity contribution in [1.82, 2.24) is 5.32 Å². The minimum Gasteiger partial charge on any atom is -0.314 e. The summed E-state index contributed by atoms with van der Waals surface area (Å²) in [6.07, 6.45) is 5.39. The summed E-state index contributed by atoms with van der Waals surface area (Å²) in [4.78, 5) is 0. The summed E-state index contributed by atoms with van der Waals surface area (Å²) < 4.78 is 0. The van der Waals surface area contributed by atoms with Gasteiger partial charge in [0.15, 0.2) is 0 Å². The zero-order valence-corrected chi connectivity index (χ0v) is 12.8. The van der Waals surface area contributed by atoms with Gasteiger partial charge in [0, 0.05) is 6.04 Å². The van der Waals surface area contributed by atoms with Crippen LogP contribution < -0.4 is 5.32 Å². The van der Waals surface area contributed by atoms with Crippen LogP contribution >= 0.6 is 23.2 Å². The van der Waals surface area contributed by atoms with Gasteiger partial charge in [0.25, 0.3) is 0 Å². The first-order valence-electron chi connectivity index (χ1n) is 7.34. The second kappa shape index (κ2) is 5.63. The largest absolute Gasteiger partial charge is 0.314 e. The van der Waals surface area contributed by atoms with Crippen molar-refractivity contribution in [3.63, 3.8) is 0 Å². The zero-order valence-electron chi connectivity index (χ0n) is 11.3. The van der Waals surface area contributed by atoms with Crippen LogP contribution in [-0.4, -0.2) is 12.6 Å². The normalized spacial score (nSPS) is 30.2. The monoisotopic (exact) mass is 297 g/mol. The second-order valence-electron chi connectivity index (χ2n) is 6.10. The molecule has 3 rings (SSSR count). The lowest BCUT2D eigenvalue weighted by molar-refractivity contribution is 0.337. The molecule has 1 aromatic carbocycles. The molecular weight excluding hydrogens is 277 g/mol. The third kappa shape index (κ3) is 3.09. The number of benzene rings is 1. The summed E-state index contributed by atoms with van der Waals surface area (Å²) in [5, 5.41) is 4.99. The predicted octanol–water partition coefficient (Wildman–Crippen LogP) is 4.56. The molecule has 1 N–H and O–H groups in total. The lowest BCUT2D eigenvalue weighted by Gasteiger charge is -2.26. The SMILES string of the molecule is CCNC(Cc1ccc(Cl)c(Cl)c1)C1CC2CC2C1. The van der Waals surface area contributed by atoms with Gasteiger partial charge in [0.2, 0.25) is 0 Å². The van der Waals surface area contributed by atoms with Gasteiger partial charge in [-0.2, -0.15) is 0 Å². The zero-order chi connectivity index (χ0) is 13.4. The first-order chi connectivity index (χ1) is 9.17. The van der Waals surface area contributed by atoms with Gasteiger partial charge < -0.3 is 5.32 Å². The molecule has 3 atom stereocenters. The van der Waals surface area contributed by atoms with Crippen LogP contribution in [0.2, 0.25) is 10.0 Å². The maximum Gasteiger partial charge on any atom is 0.0595 e. The van der Waals surface area contributed by atoms with E-state index in [0.29, 0.717) is 16.1 Å². The summed E-state index contributed by atoms with van der Waals surface area (Å²) in [7, 11) is 0. The van der Waals surface area contributed by atoms with E-state index in [0.717, 1.165) is 30.7 Å². The van der Waals surface area contributed by atoms with E-state index in [-0.39, 0.29) is 0 Å². The molecule has 2 fully saturated rings. The van der Waals surface area contributed by atoms with Crippen LogP contribution in [0, 0.1) is 17.8 Å². The van der Waals surface area contributed by atoms with E-state index < -0.39 is 0 Å². The van der Waals surface area contributed by atoms with Crippen LogP contribution in [0.1, 0.15) is 31.7 Å². The van der Waals surface area contributed by atoms with Crippen LogP contribution in [0.15, 0.2) is 18.2 Å². The highest BCUT2D eigenvalue weighted by atomic mass is 35.5. The smallest absolute Gasteiger partial charge is 0.0595 e. The average molecular weight is 298 g/mol. The van der Waals surface area contributed by atoms with Gasteiger partial charge in [0.1, 0.15) is 0 Å². The summed E-state index contributed by atoms with van der Waals surface area (Å²) >= 11 is 12.1. The highest BCUT2D eigenvalue weighted by molar-refractivity contribution is 6.42. The Morgan fingerprint density at radius 3 is 2.53 bits per heavy atom. The molecule has 0 spiro atoms. The fourth-order valence-corrected chi connectivity index (χ4v) is 4.00. The Morgan fingerprint density at radius 1 is 1.16 bits per heavy atom. The van der Waals surface area contributed by atoms with Crippen molar-refractivity contribution in [2.24, 2.45) is 17.8 Å². The van der Waals surface area contributed by atoms with Crippen molar-refractivity contribution in [2.75, 3.05) is 6.54 Å². The molecular formula is C16H21Cl2N. The second-order valence-corrected chi connectivity index (χ2v) is 6.92. The summed E-state index contributed by atoms with van der Waals surface area (Å²) in [5.74, 6) is 2.93. The standard InChI is InChI=1S/C16H21Cl2N/c1-2-19-16(13-8-11-7-12(11)9-13)6-10-3-4-14(17)15(18)5-10/h3-5,11-13,16,19H,2,6-9H2,1H3. The predicted molar refractivity (Wildman–Crippen MR) is 82.0 cm³/mol. The number of nitrogens with one attached hydrogen (secondary N) is 1. The van der Waals surface area contributed by atoms with Crippen molar-refractivity contribution in [1.29, 1.82) is 0 Å². The topological polar surface area (TPSA) is 12.0 Å². The molecule has 2 aliphatic rings. The Morgan fingerprint density at radius 2 is 1.89 bits per heavy atom. The molecule has 19 heavy (non-hydrogen) atoms. The number of hydrogen-bond donors (Lipinski definition) is 1. The molecule has 0 heterocycles. The molecule has 0 aliphatic heterocycles. The van der Waals surface area contributed by atoms with Crippen molar-refractivity contribution in [3.05, 3.63) is 33.8 Å². The van der Waals surface area contributed by atoms with E-state index in [2.05, 4.69) is 18.3 Å². The molecule has 1 nitrogen and oxygen atoms in total. The third-order valence-corrected chi connectivity index (χ3v) is 5.49. The van der Waals surface area contributed by atoms with E-state index in [1.54, 1.807) is 0 Å². The van der Waals surface area contributed by atoms with Gasteiger partial charge in [-0.05, 0) is 67.7 Å². The van der Waals surface area contributed by atoms with Gasteiger partial charge in [-0.1, -0.05) is 36.2 Å². The minimum absolute atomic E-state index is 0.593. The molecule has 3 heteroatoms. The Bertz CT molecular complexity index is 450. The fraction of sp³-hybridized carbons (Fsp3) is 0.625. The van der Waals surface area contributed by atoms with Gasteiger partial charge in [-0.25, -0.2) is 0 Å². The molecule has 0 bridgehead atoms. The molecule has 0 amide bonds. The van der Waals surface area contributed by atoms with Crippen molar-refractivity contribution in [2.45, 2.75) is 38.6 Å². The van der Waals surface area contributed by atoms with Gasteiger partial charge in [-0.3, -0.25) is 0 Å². The van der Waals surface area contributed by atoms with Gasteiger partial charge in [0.05, 0.1) is 10.0 Å². The van der Waals surface area contributed by atoms with Crippen LogP contribution in [0.5, 0.6) is 0 Å². The van der Waals surface area contributed by atoms with Crippen molar-refractivity contribution in [3.8, 4) is 0 Å². The molecule has 2 saturated carbocycles. The summed E-state index contributed by atoms with van der Waals surface area (Å²) in [6.45, 7) is 3.23. The van der Waals surface area contributed by atoms with Crippen LogP contribution in [-0.2, 0) is 6.42 Å². The molecule has 104 valence electrons. The lowest BCUT2D eigenvalue weighted by atomic mass is 9.89. The van der Waals surface area contributed by atoms with Crippen LogP contribution in [0.25, 0.3) is 0 Å². The number of fused-ring (bicyclic) bond motifs is 1. The quantitative estimate of drug-likeness (QED) is 0.840. The Balaban J connectivity index is 1.68. The number of rotatable bonds is 5. The average Bonchev–Trinajstić information content (AvgIpc) is 3.00. The summed E-state index contributed by atoms with van der Waals surface area (Å²) in [6, 6.07) is 6.63. The first-order valence-corrected chi connectivity index (χ1v) is 8.10. The van der Waals surface area contributed by atoms with Crippen LogP contribution in [0.4, 0.5) is 0 Å². The molecule has 1 aromatic rings. The highest BCUT2D eigenvalue weighted by Gasteiger charge is 2.47. The molecule has 0 radical (unpaired) electrons. The summed E-state index contributed by atoms with van der Waals surface area (Å²) in [5.41, 5.74) is 1.29. The molecule has 0 aromatic heterocycles. The lowest BCUT2D eigenvalue weighted by Crippen LogP contribution is -2.37. The Labute approximate surface area is 125 Å². The van der Waals surface area contributed by atoms with E-state index in [9.17, 15) is 0 Å². The van der Waals surface area contributed by atoms with E-state index in [4.69, 9.17) is 23.2 Å².